The third-order valence-electron chi connectivity index (χ3n) is 2.61. The molecule has 0 amide bonds. The lowest BCUT2D eigenvalue weighted by atomic mass is 10.2. The third-order valence-corrected chi connectivity index (χ3v) is 3.06. The van der Waals surface area contributed by atoms with Gasteiger partial charge in [-0.3, -0.25) is 0 Å². The van der Waals surface area contributed by atoms with Gasteiger partial charge in [-0.05, 0) is 24.3 Å². The van der Waals surface area contributed by atoms with Crippen molar-refractivity contribution in [1.82, 2.24) is 4.98 Å². The van der Waals surface area contributed by atoms with Crippen LogP contribution in [0.15, 0.2) is 40.9 Å². The molecule has 5 nitrogen and oxygen atoms in total. The normalized spacial score (nSPS) is 10.1. The van der Waals surface area contributed by atoms with E-state index in [1.165, 1.54) is 6.07 Å². The summed E-state index contributed by atoms with van der Waals surface area (Å²) in [6, 6.07) is 10.5. The Hall–Kier alpha value is -2.08. The highest BCUT2D eigenvalue weighted by Gasteiger charge is 2.05. The number of hydrogen-bond donors (Lipinski definition) is 2. The summed E-state index contributed by atoms with van der Waals surface area (Å²) >= 11 is 3.40. The number of ether oxygens (including phenoxy) is 1. The first-order chi connectivity index (χ1) is 9.58. The van der Waals surface area contributed by atoms with E-state index in [4.69, 9.17) is 9.84 Å². The van der Waals surface area contributed by atoms with Crippen molar-refractivity contribution in [2.24, 2.45) is 0 Å². The smallest absolute Gasteiger partial charge is 0.354 e. The largest absolute Gasteiger partial charge is 0.497 e. The van der Waals surface area contributed by atoms with Crippen LogP contribution in [-0.2, 0) is 6.54 Å². The summed E-state index contributed by atoms with van der Waals surface area (Å²) < 4.78 is 6.07. The number of hydrogen-bond acceptors (Lipinski definition) is 4. The van der Waals surface area contributed by atoms with Gasteiger partial charge >= 0.3 is 5.97 Å². The van der Waals surface area contributed by atoms with Gasteiger partial charge in [0.15, 0.2) is 0 Å². The molecule has 2 N–H and O–H groups in total. The molecule has 1 heterocycles. The van der Waals surface area contributed by atoms with Gasteiger partial charge < -0.3 is 15.2 Å². The van der Waals surface area contributed by atoms with E-state index in [0.29, 0.717) is 12.2 Å². The third kappa shape index (κ3) is 3.71. The number of rotatable bonds is 5. The Labute approximate surface area is 124 Å². The number of anilines is 1. The first kappa shape index (κ1) is 14.3. The molecule has 2 rings (SSSR count). The van der Waals surface area contributed by atoms with Crippen LogP contribution in [0.1, 0.15) is 16.2 Å². The van der Waals surface area contributed by atoms with Gasteiger partial charge in [0.05, 0.1) is 19.3 Å². The van der Waals surface area contributed by atoms with Crippen LogP contribution in [0.4, 0.5) is 5.69 Å². The molecule has 0 aliphatic carbocycles. The standard InChI is InChI=1S/C14H13BrN2O3/c1-20-12-6-9(15)5-11(7-12)16-8-10-3-2-4-13(17-10)14(18)19/h2-7,16H,8H2,1H3,(H,18,19). The number of carboxylic acid groups (broad SMARTS) is 1. The van der Waals surface area contributed by atoms with E-state index in [0.717, 1.165) is 15.9 Å². The summed E-state index contributed by atoms with van der Waals surface area (Å²) in [7, 11) is 1.60. The molecule has 2 aromatic rings. The van der Waals surface area contributed by atoms with E-state index in [1.54, 1.807) is 19.2 Å². The van der Waals surface area contributed by atoms with Crippen LogP contribution >= 0.6 is 15.9 Å². The predicted molar refractivity (Wildman–Crippen MR) is 79.2 cm³/mol. The highest BCUT2D eigenvalue weighted by molar-refractivity contribution is 9.10. The minimum atomic E-state index is -1.03. The van der Waals surface area contributed by atoms with E-state index in [-0.39, 0.29) is 5.69 Å². The molecule has 1 aromatic heterocycles. The quantitative estimate of drug-likeness (QED) is 0.877. The van der Waals surface area contributed by atoms with Crippen LogP contribution in [0.5, 0.6) is 5.75 Å². The lowest BCUT2D eigenvalue weighted by molar-refractivity contribution is 0.0690. The van der Waals surface area contributed by atoms with Crippen LogP contribution in [0.3, 0.4) is 0 Å². The van der Waals surface area contributed by atoms with Gasteiger partial charge in [0.1, 0.15) is 11.4 Å². The predicted octanol–water partition coefficient (Wildman–Crippen LogP) is 3.16. The molecule has 6 heteroatoms. The number of methoxy groups -OCH3 is 1. The Bertz CT molecular complexity index is 632. The van der Waals surface area contributed by atoms with E-state index < -0.39 is 5.97 Å². The number of benzene rings is 1. The van der Waals surface area contributed by atoms with Crippen LogP contribution in [0.2, 0.25) is 0 Å². The van der Waals surface area contributed by atoms with Crippen molar-refractivity contribution in [3.8, 4) is 5.75 Å². The average Bonchev–Trinajstić information content (AvgIpc) is 2.44. The van der Waals surface area contributed by atoms with Gasteiger partial charge in [-0.15, -0.1) is 0 Å². The van der Waals surface area contributed by atoms with E-state index >= 15 is 0 Å². The van der Waals surface area contributed by atoms with E-state index in [1.807, 2.05) is 18.2 Å². The van der Waals surface area contributed by atoms with Crippen molar-refractivity contribution in [3.05, 3.63) is 52.3 Å². The molecular formula is C14H13BrN2O3. The summed E-state index contributed by atoms with van der Waals surface area (Å²) in [6.07, 6.45) is 0. The average molecular weight is 337 g/mol. The number of aromatic carboxylic acids is 1. The molecular weight excluding hydrogens is 324 g/mol. The van der Waals surface area contributed by atoms with Crippen LogP contribution in [0, 0.1) is 0 Å². The zero-order valence-electron chi connectivity index (χ0n) is 10.8. The molecule has 0 saturated heterocycles. The molecule has 0 fully saturated rings. The highest BCUT2D eigenvalue weighted by Crippen LogP contribution is 2.24. The topological polar surface area (TPSA) is 71.5 Å². The lowest BCUT2D eigenvalue weighted by Crippen LogP contribution is -2.06. The Morgan fingerprint density at radius 2 is 2.20 bits per heavy atom. The van der Waals surface area contributed by atoms with Gasteiger partial charge in [-0.1, -0.05) is 22.0 Å². The van der Waals surface area contributed by atoms with Gasteiger partial charge in [-0.25, -0.2) is 9.78 Å². The molecule has 0 unspecified atom stereocenters. The second-order valence-corrected chi connectivity index (χ2v) is 4.97. The molecule has 1 aromatic carbocycles. The van der Waals surface area contributed by atoms with Crippen molar-refractivity contribution in [3.63, 3.8) is 0 Å². The van der Waals surface area contributed by atoms with Gasteiger partial charge in [0, 0.05) is 16.2 Å². The summed E-state index contributed by atoms with van der Waals surface area (Å²) in [5.74, 6) is -0.301. The molecule has 20 heavy (non-hydrogen) atoms. The summed E-state index contributed by atoms with van der Waals surface area (Å²) in [5.41, 5.74) is 1.55. The summed E-state index contributed by atoms with van der Waals surface area (Å²) in [6.45, 7) is 0.431. The number of aromatic nitrogens is 1. The van der Waals surface area contributed by atoms with Crippen molar-refractivity contribution in [2.75, 3.05) is 12.4 Å². The summed E-state index contributed by atoms with van der Waals surface area (Å²) in [5, 5.41) is 12.1. The molecule has 0 radical (unpaired) electrons. The molecule has 0 aliphatic heterocycles. The molecule has 104 valence electrons. The second-order valence-electron chi connectivity index (χ2n) is 4.05. The Morgan fingerprint density at radius 3 is 2.90 bits per heavy atom. The van der Waals surface area contributed by atoms with Crippen LogP contribution < -0.4 is 10.1 Å². The zero-order valence-corrected chi connectivity index (χ0v) is 12.3. The number of halogens is 1. The SMILES string of the molecule is COc1cc(Br)cc(NCc2cccc(C(=O)O)n2)c1. The lowest BCUT2D eigenvalue weighted by Gasteiger charge is -2.09. The number of nitrogens with zero attached hydrogens (tertiary/aromatic N) is 1. The maximum atomic E-state index is 10.8. The molecule has 0 aliphatic rings. The Morgan fingerprint density at radius 1 is 1.40 bits per heavy atom. The number of nitrogens with one attached hydrogen (secondary N) is 1. The minimum Gasteiger partial charge on any atom is -0.497 e. The van der Waals surface area contributed by atoms with Gasteiger partial charge in [0.25, 0.3) is 0 Å². The number of carboxylic acids is 1. The minimum absolute atomic E-state index is 0.0381. The first-order valence-electron chi connectivity index (χ1n) is 5.86. The number of carbonyl (C=O) groups is 1. The maximum absolute atomic E-state index is 10.8. The molecule has 0 saturated carbocycles. The molecule has 0 atom stereocenters. The van der Waals surface area contributed by atoms with Crippen molar-refractivity contribution in [2.45, 2.75) is 6.54 Å². The fourth-order valence-corrected chi connectivity index (χ4v) is 2.14. The number of pyridine rings is 1. The van der Waals surface area contributed by atoms with Gasteiger partial charge in [0.2, 0.25) is 0 Å². The fraction of sp³-hybridized carbons (Fsp3) is 0.143. The highest BCUT2D eigenvalue weighted by atomic mass is 79.9. The molecule has 0 bridgehead atoms. The van der Waals surface area contributed by atoms with Crippen LogP contribution in [0.25, 0.3) is 0 Å². The Kier molecular flexibility index (Phi) is 4.57. The second kappa shape index (κ2) is 6.38. The van der Waals surface area contributed by atoms with Crippen molar-refractivity contribution < 1.29 is 14.6 Å². The summed E-state index contributed by atoms with van der Waals surface area (Å²) in [4.78, 5) is 14.9. The first-order valence-corrected chi connectivity index (χ1v) is 6.65. The van der Waals surface area contributed by atoms with Crippen molar-refractivity contribution >= 4 is 27.6 Å². The van der Waals surface area contributed by atoms with E-state index in [9.17, 15) is 4.79 Å². The monoisotopic (exact) mass is 336 g/mol. The van der Waals surface area contributed by atoms with Crippen LogP contribution in [-0.4, -0.2) is 23.2 Å². The van der Waals surface area contributed by atoms with E-state index in [2.05, 4.69) is 26.2 Å². The maximum Gasteiger partial charge on any atom is 0.354 e. The Balaban J connectivity index is 2.10. The van der Waals surface area contributed by atoms with Crippen molar-refractivity contribution in [1.29, 1.82) is 0 Å². The molecule has 0 spiro atoms. The zero-order chi connectivity index (χ0) is 14.5. The fourth-order valence-electron chi connectivity index (χ4n) is 1.67. The van der Waals surface area contributed by atoms with Gasteiger partial charge in [-0.2, -0.15) is 0 Å².